The van der Waals surface area contributed by atoms with Crippen LogP contribution in [0.15, 0.2) is 24.3 Å². The van der Waals surface area contributed by atoms with E-state index >= 15 is 0 Å². The summed E-state index contributed by atoms with van der Waals surface area (Å²) in [6, 6.07) is 7.38. The van der Waals surface area contributed by atoms with Crippen molar-refractivity contribution < 1.29 is 18.3 Å². The van der Waals surface area contributed by atoms with Gasteiger partial charge in [0, 0.05) is 6.54 Å². The number of aliphatic hydroxyl groups is 1. The Kier molecular flexibility index (Phi) is 6.87. The SMILES string of the molecule is COc1ccc(CCS(=O)(=O)NC[C@@H](O)C2CCCCC2)cc1. The lowest BCUT2D eigenvalue weighted by Gasteiger charge is -2.26. The highest BCUT2D eigenvalue weighted by atomic mass is 32.2. The lowest BCUT2D eigenvalue weighted by molar-refractivity contribution is 0.0888. The third-order valence-electron chi connectivity index (χ3n) is 4.52. The predicted molar refractivity (Wildman–Crippen MR) is 91.1 cm³/mol. The van der Waals surface area contributed by atoms with Gasteiger partial charge < -0.3 is 9.84 Å². The number of methoxy groups -OCH3 is 1. The Hall–Kier alpha value is -1.11. The molecule has 1 saturated carbocycles. The highest BCUT2D eigenvalue weighted by Crippen LogP contribution is 2.26. The van der Waals surface area contributed by atoms with Crippen LogP contribution in [0.3, 0.4) is 0 Å². The molecule has 0 spiro atoms. The monoisotopic (exact) mass is 341 g/mol. The van der Waals surface area contributed by atoms with E-state index in [2.05, 4.69) is 4.72 Å². The maximum Gasteiger partial charge on any atom is 0.212 e. The largest absolute Gasteiger partial charge is 0.497 e. The van der Waals surface area contributed by atoms with Gasteiger partial charge in [-0.2, -0.15) is 0 Å². The Balaban J connectivity index is 1.76. The molecule has 6 heteroatoms. The van der Waals surface area contributed by atoms with Gasteiger partial charge in [0.05, 0.1) is 19.0 Å². The predicted octanol–water partition coefficient (Wildman–Crippen LogP) is 2.10. The average molecular weight is 341 g/mol. The number of rotatable bonds is 8. The van der Waals surface area contributed by atoms with E-state index in [-0.39, 0.29) is 18.2 Å². The zero-order valence-corrected chi connectivity index (χ0v) is 14.5. The van der Waals surface area contributed by atoms with Crippen molar-refractivity contribution >= 4 is 10.0 Å². The summed E-state index contributed by atoms with van der Waals surface area (Å²) in [4.78, 5) is 0. The number of sulfonamides is 1. The molecule has 0 aliphatic heterocycles. The van der Waals surface area contributed by atoms with Crippen molar-refractivity contribution in [1.82, 2.24) is 4.72 Å². The third-order valence-corrected chi connectivity index (χ3v) is 5.87. The fourth-order valence-corrected chi connectivity index (χ4v) is 4.09. The topological polar surface area (TPSA) is 75.6 Å². The van der Waals surface area contributed by atoms with E-state index in [1.165, 1.54) is 6.42 Å². The van der Waals surface area contributed by atoms with Gasteiger partial charge in [0.15, 0.2) is 0 Å². The lowest BCUT2D eigenvalue weighted by Crippen LogP contribution is -2.38. The summed E-state index contributed by atoms with van der Waals surface area (Å²) >= 11 is 0. The van der Waals surface area contributed by atoms with Gasteiger partial charge in [-0.1, -0.05) is 31.4 Å². The van der Waals surface area contributed by atoms with Crippen LogP contribution in [0.1, 0.15) is 37.7 Å². The fraction of sp³-hybridized carbons (Fsp3) is 0.647. The zero-order chi connectivity index (χ0) is 16.7. The number of hydrogen-bond acceptors (Lipinski definition) is 4. The lowest BCUT2D eigenvalue weighted by atomic mass is 9.85. The van der Waals surface area contributed by atoms with Crippen LogP contribution in [-0.4, -0.2) is 39.0 Å². The molecule has 2 N–H and O–H groups in total. The second-order valence-electron chi connectivity index (χ2n) is 6.23. The number of nitrogens with one attached hydrogen (secondary N) is 1. The molecule has 0 saturated heterocycles. The van der Waals surface area contributed by atoms with Crippen LogP contribution in [0.25, 0.3) is 0 Å². The first-order chi connectivity index (χ1) is 11.0. The first kappa shape index (κ1) is 18.2. The van der Waals surface area contributed by atoms with E-state index in [0.717, 1.165) is 37.0 Å². The summed E-state index contributed by atoms with van der Waals surface area (Å²) in [6.07, 6.45) is 5.34. The first-order valence-electron chi connectivity index (χ1n) is 8.28. The average Bonchev–Trinajstić information content (AvgIpc) is 2.59. The van der Waals surface area contributed by atoms with Gasteiger partial charge >= 0.3 is 0 Å². The highest BCUT2D eigenvalue weighted by molar-refractivity contribution is 7.89. The molecule has 1 fully saturated rings. The van der Waals surface area contributed by atoms with Crippen molar-refractivity contribution in [3.8, 4) is 5.75 Å². The van der Waals surface area contributed by atoms with Crippen molar-refractivity contribution in [2.24, 2.45) is 5.92 Å². The molecule has 1 aliphatic rings. The third kappa shape index (κ3) is 6.12. The first-order valence-corrected chi connectivity index (χ1v) is 9.94. The van der Waals surface area contributed by atoms with E-state index < -0.39 is 16.1 Å². The van der Waals surface area contributed by atoms with E-state index in [4.69, 9.17) is 4.74 Å². The number of ether oxygens (including phenoxy) is 1. The number of aliphatic hydroxyl groups excluding tert-OH is 1. The molecule has 23 heavy (non-hydrogen) atoms. The Bertz CT molecular complexity index is 565. The molecule has 0 amide bonds. The van der Waals surface area contributed by atoms with E-state index in [1.807, 2.05) is 24.3 Å². The van der Waals surface area contributed by atoms with Gasteiger partial charge in [0.1, 0.15) is 5.75 Å². The molecule has 2 rings (SSSR count). The fourth-order valence-electron chi connectivity index (χ4n) is 3.01. The smallest absolute Gasteiger partial charge is 0.212 e. The minimum Gasteiger partial charge on any atom is -0.497 e. The summed E-state index contributed by atoms with van der Waals surface area (Å²) in [5, 5.41) is 10.1. The van der Waals surface area contributed by atoms with Gasteiger partial charge in [0.2, 0.25) is 10.0 Å². The molecule has 1 aliphatic carbocycles. The molecule has 0 aromatic heterocycles. The van der Waals surface area contributed by atoms with E-state index in [9.17, 15) is 13.5 Å². The summed E-state index contributed by atoms with van der Waals surface area (Å²) in [5.41, 5.74) is 0.948. The zero-order valence-electron chi connectivity index (χ0n) is 13.7. The summed E-state index contributed by atoms with van der Waals surface area (Å²) < 4.78 is 31.8. The maximum atomic E-state index is 12.1. The minimum absolute atomic E-state index is 0.0245. The van der Waals surface area contributed by atoms with Gasteiger partial charge in [-0.3, -0.25) is 0 Å². The van der Waals surface area contributed by atoms with Crippen LogP contribution >= 0.6 is 0 Å². The van der Waals surface area contributed by atoms with Crippen molar-refractivity contribution in [2.75, 3.05) is 19.4 Å². The quantitative estimate of drug-likeness (QED) is 0.759. The van der Waals surface area contributed by atoms with Crippen LogP contribution in [0.2, 0.25) is 0 Å². The van der Waals surface area contributed by atoms with Crippen molar-refractivity contribution in [3.05, 3.63) is 29.8 Å². The number of benzene rings is 1. The van der Waals surface area contributed by atoms with Crippen molar-refractivity contribution in [3.63, 3.8) is 0 Å². The van der Waals surface area contributed by atoms with Crippen LogP contribution in [0, 0.1) is 5.92 Å². The molecule has 1 atom stereocenters. The van der Waals surface area contributed by atoms with E-state index in [0.29, 0.717) is 6.42 Å². The van der Waals surface area contributed by atoms with Gasteiger partial charge in [-0.15, -0.1) is 0 Å². The number of aryl methyl sites for hydroxylation is 1. The second kappa shape index (κ2) is 8.66. The molecule has 0 radical (unpaired) electrons. The number of hydrogen-bond donors (Lipinski definition) is 2. The normalized spacial score (nSPS) is 17.8. The Morgan fingerprint density at radius 2 is 1.87 bits per heavy atom. The Morgan fingerprint density at radius 3 is 2.48 bits per heavy atom. The molecule has 5 nitrogen and oxygen atoms in total. The van der Waals surface area contributed by atoms with Crippen LogP contribution in [0.5, 0.6) is 5.75 Å². The van der Waals surface area contributed by atoms with Crippen LogP contribution < -0.4 is 9.46 Å². The van der Waals surface area contributed by atoms with Gasteiger partial charge in [-0.05, 0) is 42.9 Å². The molecule has 1 aromatic rings. The summed E-state index contributed by atoms with van der Waals surface area (Å²) in [5.74, 6) is 1.01. The van der Waals surface area contributed by atoms with Crippen LogP contribution in [-0.2, 0) is 16.4 Å². The highest BCUT2D eigenvalue weighted by Gasteiger charge is 2.23. The summed E-state index contributed by atoms with van der Waals surface area (Å²) in [7, 11) is -1.77. The van der Waals surface area contributed by atoms with Crippen LogP contribution in [0.4, 0.5) is 0 Å². The Morgan fingerprint density at radius 1 is 1.22 bits per heavy atom. The molecule has 0 heterocycles. The molecule has 0 unspecified atom stereocenters. The van der Waals surface area contributed by atoms with Gasteiger partial charge in [0.25, 0.3) is 0 Å². The van der Waals surface area contributed by atoms with Crippen molar-refractivity contribution in [1.29, 1.82) is 0 Å². The molecule has 0 bridgehead atoms. The van der Waals surface area contributed by atoms with Crippen molar-refractivity contribution in [2.45, 2.75) is 44.6 Å². The van der Waals surface area contributed by atoms with Gasteiger partial charge in [-0.25, -0.2) is 13.1 Å². The maximum absolute atomic E-state index is 12.1. The summed E-state index contributed by atoms with van der Waals surface area (Å²) in [6.45, 7) is 0.121. The standard InChI is InChI=1S/C17H27NO4S/c1-22-16-9-7-14(8-10-16)11-12-23(20,21)18-13-17(19)15-5-3-2-4-6-15/h7-10,15,17-19H,2-6,11-13H2,1H3/t17-/m1/s1. The van der Waals surface area contributed by atoms with E-state index in [1.54, 1.807) is 7.11 Å². The molecular formula is C17H27NO4S. The Labute approximate surface area is 139 Å². The molecule has 130 valence electrons. The second-order valence-corrected chi connectivity index (χ2v) is 8.16. The molecular weight excluding hydrogens is 314 g/mol. The molecule has 1 aromatic carbocycles. The minimum atomic E-state index is -3.37.